The molecule has 0 bridgehead atoms. The lowest BCUT2D eigenvalue weighted by Crippen LogP contribution is -2.35. The number of nitrogens with one attached hydrogen (secondary N) is 2. The minimum absolute atomic E-state index is 0.192. The van der Waals surface area contributed by atoms with Crippen LogP contribution < -0.4 is 20.3 Å². The van der Waals surface area contributed by atoms with Gasteiger partial charge in [-0.25, -0.2) is 15.0 Å². The summed E-state index contributed by atoms with van der Waals surface area (Å²) >= 11 is 6.29. The molecule has 1 aliphatic heterocycles. The molecule has 1 atom stereocenters. The fourth-order valence-corrected chi connectivity index (χ4v) is 4.30. The van der Waals surface area contributed by atoms with Gasteiger partial charge in [0, 0.05) is 38.3 Å². The van der Waals surface area contributed by atoms with Crippen molar-refractivity contribution in [3.05, 3.63) is 64.8 Å². The minimum atomic E-state index is -0.323. The predicted octanol–water partition coefficient (Wildman–Crippen LogP) is 3.48. The van der Waals surface area contributed by atoms with Gasteiger partial charge >= 0.3 is 0 Å². The Kier molecular flexibility index (Phi) is 8.85. The molecule has 1 fully saturated rings. The maximum atomic E-state index is 13.1. The quantitative estimate of drug-likeness (QED) is 0.399. The first-order valence-electron chi connectivity index (χ1n) is 11.9. The van der Waals surface area contributed by atoms with Crippen LogP contribution in [0.1, 0.15) is 41.5 Å². The molecule has 0 aliphatic carbocycles. The van der Waals surface area contributed by atoms with Crippen molar-refractivity contribution in [2.75, 3.05) is 37.1 Å². The maximum Gasteiger partial charge on any atom is 0.256 e. The number of ether oxygens (including phenoxy) is 2. The third-order valence-corrected chi connectivity index (χ3v) is 6.17. The van der Waals surface area contributed by atoms with Gasteiger partial charge in [-0.3, -0.25) is 4.79 Å². The highest BCUT2D eigenvalue weighted by atomic mass is 35.5. The molecule has 2 N–H and O–H groups in total. The van der Waals surface area contributed by atoms with E-state index in [2.05, 4.69) is 30.5 Å². The number of aromatic nitrogens is 4. The summed E-state index contributed by atoms with van der Waals surface area (Å²) in [4.78, 5) is 32.8. The molecule has 1 aliphatic rings. The van der Waals surface area contributed by atoms with Crippen LogP contribution in [0.15, 0.2) is 42.9 Å². The summed E-state index contributed by atoms with van der Waals surface area (Å²) in [6.45, 7) is 4.69. The second-order valence-electron chi connectivity index (χ2n) is 8.25. The van der Waals surface area contributed by atoms with E-state index in [1.54, 1.807) is 37.8 Å². The molecule has 36 heavy (non-hydrogen) atoms. The zero-order chi connectivity index (χ0) is 25.3. The average Bonchev–Trinajstić information content (AvgIpc) is 3.38. The van der Waals surface area contributed by atoms with Crippen LogP contribution in [0.2, 0.25) is 5.02 Å². The number of rotatable bonds is 11. The summed E-state index contributed by atoms with van der Waals surface area (Å²) < 4.78 is 10.9. The van der Waals surface area contributed by atoms with E-state index >= 15 is 0 Å². The van der Waals surface area contributed by atoms with Gasteiger partial charge in [0.25, 0.3) is 5.91 Å². The topological polar surface area (TPSA) is 114 Å². The van der Waals surface area contributed by atoms with Gasteiger partial charge in [-0.15, -0.1) is 0 Å². The lowest BCUT2D eigenvalue weighted by Gasteiger charge is -2.25. The van der Waals surface area contributed by atoms with Crippen LogP contribution in [0.3, 0.4) is 0 Å². The summed E-state index contributed by atoms with van der Waals surface area (Å²) in [6, 6.07) is 7.46. The Hall–Kier alpha value is -3.50. The second kappa shape index (κ2) is 12.5. The highest BCUT2D eigenvalue weighted by molar-refractivity contribution is 6.32. The van der Waals surface area contributed by atoms with Gasteiger partial charge in [0.2, 0.25) is 5.95 Å². The number of hydrogen-bond acceptors (Lipinski definition) is 9. The Morgan fingerprint density at radius 3 is 2.81 bits per heavy atom. The van der Waals surface area contributed by atoms with E-state index in [0.717, 1.165) is 24.9 Å². The van der Waals surface area contributed by atoms with Gasteiger partial charge in [-0.05, 0) is 43.5 Å². The summed E-state index contributed by atoms with van der Waals surface area (Å²) in [6.07, 6.45) is 6.87. The molecule has 0 radical (unpaired) electrons. The molecule has 4 rings (SSSR count). The Morgan fingerprint density at radius 2 is 2.06 bits per heavy atom. The molecule has 190 valence electrons. The van der Waals surface area contributed by atoms with Crippen molar-refractivity contribution in [2.45, 2.75) is 38.9 Å². The summed E-state index contributed by atoms with van der Waals surface area (Å²) in [5.74, 6) is 1.79. The van der Waals surface area contributed by atoms with Gasteiger partial charge in [0.15, 0.2) is 0 Å². The average molecular weight is 512 g/mol. The first-order chi connectivity index (χ1) is 17.6. The number of amides is 1. The Balaban J connectivity index is 1.56. The Bertz CT molecular complexity index is 1170. The first kappa shape index (κ1) is 25.6. The van der Waals surface area contributed by atoms with Crippen molar-refractivity contribution in [2.24, 2.45) is 0 Å². The van der Waals surface area contributed by atoms with Gasteiger partial charge in [-0.1, -0.05) is 17.7 Å². The number of methoxy groups -OCH3 is 1. The van der Waals surface area contributed by atoms with Crippen molar-refractivity contribution in [1.82, 2.24) is 25.3 Å². The fraction of sp³-hybridized carbons (Fsp3) is 0.400. The van der Waals surface area contributed by atoms with Crippen molar-refractivity contribution >= 4 is 29.3 Å². The SMILES string of the molecule is CCOC[C@@H]1CCCN1c1ncc(C(=O)NCc2ncccn2)c(NCc2ccc(OC)c(Cl)c2)n1. The highest BCUT2D eigenvalue weighted by Gasteiger charge is 2.28. The zero-order valence-corrected chi connectivity index (χ0v) is 21.2. The van der Waals surface area contributed by atoms with Crippen molar-refractivity contribution in [1.29, 1.82) is 0 Å². The number of carbonyl (C=O) groups is 1. The third-order valence-electron chi connectivity index (χ3n) is 5.87. The van der Waals surface area contributed by atoms with E-state index in [1.165, 1.54) is 0 Å². The Labute approximate surface area is 215 Å². The van der Waals surface area contributed by atoms with E-state index in [4.69, 9.17) is 26.1 Å². The number of anilines is 2. The smallest absolute Gasteiger partial charge is 0.256 e. The fourth-order valence-electron chi connectivity index (χ4n) is 4.02. The van der Waals surface area contributed by atoms with Crippen LogP contribution in [-0.2, 0) is 17.8 Å². The molecule has 3 heterocycles. The standard InChI is InChI=1S/C25H30ClN7O3/c1-3-36-16-18-6-4-11-33(18)25-31-14-19(24(34)30-15-22-27-9-5-10-28-22)23(32-25)29-13-17-7-8-21(35-2)20(26)12-17/h5,7-10,12,14,18H,3-4,6,11,13,15-16H2,1-2H3,(H,30,34)(H,29,31,32)/t18-/m0/s1. The van der Waals surface area contributed by atoms with Gasteiger partial charge in [0.1, 0.15) is 23.0 Å². The molecule has 1 amide bonds. The van der Waals surface area contributed by atoms with Crippen LogP contribution in [0.5, 0.6) is 5.75 Å². The molecule has 1 aromatic carbocycles. The van der Waals surface area contributed by atoms with Crippen LogP contribution in [-0.4, -0.2) is 58.8 Å². The minimum Gasteiger partial charge on any atom is -0.495 e. The maximum absolute atomic E-state index is 13.1. The summed E-state index contributed by atoms with van der Waals surface area (Å²) in [7, 11) is 1.57. The zero-order valence-electron chi connectivity index (χ0n) is 20.4. The summed E-state index contributed by atoms with van der Waals surface area (Å²) in [5.41, 5.74) is 1.25. The van der Waals surface area contributed by atoms with E-state index in [9.17, 15) is 4.79 Å². The number of hydrogen-bond donors (Lipinski definition) is 2. The number of nitrogens with zero attached hydrogens (tertiary/aromatic N) is 5. The molecular weight excluding hydrogens is 482 g/mol. The molecule has 2 aromatic heterocycles. The lowest BCUT2D eigenvalue weighted by molar-refractivity contribution is 0.0950. The van der Waals surface area contributed by atoms with Crippen LogP contribution in [0.4, 0.5) is 11.8 Å². The Morgan fingerprint density at radius 1 is 1.22 bits per heavy atom. The molecule has 10 nitrogen and oxygen atoms in total. The molecule has 1 saturated heterocycles. The first-order valence-corrected chi connectivity index (χ1v) is 12.3. The number of carbonyl (C=O) groups excluding carboxylic acids is 1. The highest BCUT2D eigenvalue weighted by Crippen LogP contribution is 2.27. The molecular formula is C25H30ClN7O3. The van der Waals surface area contributed by atoms with Crippen LogP contribution in [0, 0.1) is 0 Å². The van der Waals surface area contributed by atoms with Gasteiger partial charge < -0.3 is 25.0 Å². The van der Waals surface area contributed by atoms with Gasteiger partial charge in [0.05, 0.1) is 31.3 Å². The largest absolute Gasteiger partial charge is 0.495 e. The predicted molar refractivity (Wildman–Crippen MR) is 137 cm³/mol. The molecule has 0 unspecified atom stereocenters. The number of halogens is 1. The van der Waals surface area contributed by atoms with E-state index < -0.39 is 0 Å². The monoisotopic (exact) mass is 511 g/mol. The molecule has 0 saturated carbocycles. The molecule has 3 aromatic rings. The third kappa shape index (κ3) is 6.38. The second-order valence-corrected chi connectivity index (χ2v) is 8.66. The molecule has 0 spiro atoms. The van der Waals surface area contributed by atoms with Crippen molar-refractivity contribution < 1.29 is 14.3 Å². The van der Waals surface area contributed by atoms with E-state index in [0.29, 0.717) is 53.7 Å². The molecule has 11 heteroatoms. The normalized spacial score (nSPS) is 15.1. The van der Waals surface area contributed by atoms with Crippen molar-refractivity contribution in [3.8, 4) is 5.75 Å². The lowest BCUT2D eigenvalue weighted by atomic mass is 10.2. The van der Waals surface area contributed by atoms with E-state index in [1.807, 2.05) is 19.1 Å². The van der Waals surface area contributed by atoms with Crippen LogP contribution >= 0.6 is 11.6 Å². The summed E-state index contributed by atoms with van der Waals surface area (Å²) in [5, 5.41) is 6.65. The van der Waals surface area contributed by atoms with E-state index in [-0.39, 0.29) is 18.5 Å². The number of benzene rings is 1. The van der Waals surface area contributed by atoms with Crippen molar-refractivity contribution in [3.63, 3.8) is 0 Å². The van der Waals surface area contributed by atoms with Gasteiger partial charge in [-0.2, -0.15) is 4.98 Å². The van der Waals surface area contributed by atoms with Crippen LogP contribution in [0.25, 0.3) is 0 Å².